The Balaban J connectivity index is 1.35. The van der Waals surface area contributed by atoms with Crippen molar-refractivity contribution in [1.29, 1.82) is 0 Å². The maximum Gasteiger partial charge on any atom is 0.418 e. The number of aryl methyl sites for hydroxylation is 1. The van der Waals surface area contributed by atoms with E-state index in [-0.39, 0.29) is 36.4 Å². The molecule has 1 aliphatic carbocycles. The third kappa shape index (κ3) is 5.57. The monoisotopic (exact) mass is 458 g/mol. The summed E-state index contributed by atoms with van der Waals surface area (Å²) in [7, 11) is 0. The van der Waals surface area contributed by atoms with Crippen molar-refractivity contribution in [2.24, 2.45) is 5.92 Å². The second kappa shape index (κ2) is 9.05. The number of fused-ring (bicyclic) bond motifs is 1. The third-order valence-corrected chi connectivity index (χ3v) is 5.05. The van der Waals surface area contributed by atoms with E-state index in [1.807, 2.05) is 0 Å². The quantitative estimate of drug-likeness (QED) is 0.520. The Labute approximate surface area is 187 Å². The average molecular weight is 458 g/mol. The Bertz CT molecular complexity index is 1210. The molecule has 4 rings (SSSR count). The molecule has 0 atom stereocenters. The van der Waals surface area contributed by atoms with Crippen LogP contribution in [0.5, 0.6) is 5.88 Å². The smallest absolute Gasteiger partial charge is 0.418 e. The van der Waals surface area contributed by atoms with Crippen molar-refractivity contribution in [3.63, 3.8) is 0 Å². The standard InChI is InChI=1S/C23H21F3N4O3/c1-13-11-16(12-18(28-13)29-22(32)15-5-6-15)21(31)27-9-10-33-19-8-7-14-3-2-4-17(20(14)30-19)23(24,25)26/h2-4,7-8,11-12,15H,5-6,9-10H2,1H3,(H,27,31)(H,28,29,32). The van der Waals surface area contributed by atoms with Crippen LogP contribution in [0.4, 0.5) is 19.0 Å². The Morgan fingerprint density at radius 1 is 1.12 bits per heavy atom. The first kappa shape index (κ1) is 22.5. The summed E-state index contributed by atoms with van der Waals surface area (Å²) in [6.07, 6.45) is -2.82. The van der Waals surface area contributed by atoms with Gasteiger partial charge >= 0.3 is 6.18 Å². The molecule has 10 heteroatoms. The summed E-state index contributed by atoms with van der Waals surface area (Å²) >= 11 is 0. The zero-order valence-electron chi connectivity index (χ0n) is 17.7. The van der Waals surface area contributed by atoms with Gasteiger partial charge in [0, 0.05) is 28.6 Å². The summed E-state index contributed by atoms with van der Waals surface area (Å²) in [4.78, 5) is 32.6. The largest absolute Gasteiger partial charge is 0.476 e. The van der Waals surface area contributed by atoms with E-state index in [0.29, 0.717) is 22.5 Å². The molecule has 3 aromatic rings. The molecular formula is C23H21F3N4O3. The van der Waals surface area contributed by atoms with Gasteiger partial charge in [0.05, 0.1) is 17.6 Å². The summed E-state index contributed by atoms with van der Waals surface area (Å²) < 4.78 is 45.1. The van der Waals surface area contributed by atoms with Crippen LogP contribution in [0.3, 0.4) is 0 Å². The molecule has 0 saturated heterocycles. The molecule has 0 unspecified atom stereocenters. The second-order valence-electron chi connectivity index (χ2n) is 7.77. The Kier molecular flexibility index (Phi) is 6.17. The van der Waals surface area contributed by atoms with E-state index in [0.717, 1.165) is 18.9 Å². The Hall–Kier alpha value is -3.69. The highest BCUT2D eigenvalue weighted by Crippen LogP contribution is 2.34. The Morgan fingerprint density at radius 2 is 1.91 bits per heavy atom. The van der Waals surface area contributed by atoms with Crippen LogP contribution in [0.2, 0.25) is 0 Å². The number of hydrogen-bond acceptors (Lipinski definition) is 5. The highest BCUT2D eigenvalue weighted by molar-refractivity contribution is 5.97. The van der Waals surface area contributed by atoms with Crippen LogP contribution >= 0.6 is 0 Å². The highest BCUT2D eigenvalue weighted by Gasteiger charge is 2.33. The summed E-state index contributed by atoms with van der Waals surface area (Å²) in [5.41, 5.74) is -0.131. The number of benzene rings is 1. The first-order valence-electron chi connectivity index (χ1n) is 10.4. The molecule has 33 heavy (non-hydrogen) atoms. The maximum atomic E-state index is 13.2. The SMILES string of the molecule is Cc1cc(C(=O)NCCOc2ccc3cccc(C(F)(F)F)c3n2)cc(NC(=O)C2CC2)n1. The number of hydrogen-bond donors (Lipinski definition) is 2. The Morgan fingerprint density at radius 3 is 2.64 bits per heavy atom. The van der Waals surface area contributed by atoms with Gasteiger partial charge in [-0.1, -0.05) is 12.1 Å². The molecule has 2 aromatic heterocycles. The number of aromatic nitrogens is 2. The van der Waals surface area contributed by atoms with Crippen molar-refractivity contribution in [2.75, 3.05) is 18.5 Å². The molecular weight excluding hydrogens is 437 g/mol. The van der Waals surface area contributed by atoms with Crippen molar-refractivity contribution in [2.45, 2.75) is 25.9 Å². The van der Waals surface area contributed by atoms with Crippen LogP contribution < -0.4 is 15.4 Å². The van der Waals surface area contributed by atoms with Crippen molar-refractivity contribution in [3.8, 4) is 5.88 Å². The number of carbonyl (C=O) groups is 2. The van der Waals surface area contributed by atoms with E-state index in [1.54, 1.807) is 19.1 Å². The van der Waals surface area contributed by atoms with E-state index in [4.69, 9.17) is 4.74 Å². The molecule has 0 spiro atoms. The lowest BCUT2D eigenvalue weighted by Crippen LogP contribution is -2.28. The number of anilines is 1. The number of rotatable bonds is 7. The van der Waals surface area contributed by atoms with E-state index >= 15 is 0 Å². The lowest BCUT2D eigenvalue weighted by atomic mass is 10.1. The number of nitrogens with zero attached hydrogens (tertiary/aromatic N) is 2. The minimum atomic E-state index is -4.53. The molecule has 0 aliphatic heterocycles. The molecule has 0 bridgehead atoms. The van der Waals surface area contributed by atoms with Gasteiger partial charge in [-0.3, -0.25) is 9.59 Å². The molecule has 1 saturated carbocycles. The van der Waals surface area contributed by atoms with E-state index in [9.17, 15) is 22.8 Å². The second-order valence-corrected chi connectivity index (χ2v) is 7.77. The minimum Gasteiger partial charge on any atom is -0.476 e. The van der Waals surface area contributed by atoms with Crippen LogP contribution in [0.25, 0.3) is 10.9 Å². The lowest BCUT2D eigenvalue weighted by molar-refractivity contribution is -0.136. The summed E-state index contributed by atoms with van der Waals surface area (Å²) in [6.45, 7) is 1.83. The number of ether oxygens (including phenoxy) is 1. The van der Waals surface area contributed by atoms with Gasteiger partial charge in [-0.05, 0) is 44.0 Å². The average Bonchev–Trinajstić information content (AvgIpc) is 3.60. The molecule has 0 radical (unpaired) electrons. The molecule has 2 N–H and O–H groups in total. The molecule has 172 valence electrons. The lowest BCUT2D eigenvalue weighted by Gasteiger charge is -2.12. The highest BCUT2D eigenvalue weighted by atomic mass is 19.4. The molecule has 1 fully saturated rings. The van der Waals surface area contributed by atoms with Crippen molar-refractivity contribution in [1.82, 2.24) is 15.3 Å². The van der Waals surface area contributed by atoms with Crippen molar-refractivity contribution >= 4 is 28.5 Å². The number of para-hydroxylation sites is 1. The number of carbonyl (C=O) groups excluding carboxylic acids is 2. The maximum absolute atomic E-state index is 13.2. The predicted octanol–water partition coefficient (Wildman–Crippen LogP) is 4.11. The number of amides is 2. The minimum absolute atomic E-state index is 0.00771. The zero-order chi connectivity index (χ0) is 23.6. The van der Waals surface area contributed by atoms with Crippen LogP contribution in [0, 0.1) is 12.8 Å². The van der Waals surface area contributed by atoms with Crippen LogP contribution in [0.1, 0.15) is 34.5 Å². The first-order chi connectivity index (χ1) is 15.7. The fourth-order valence-electron chi connectivity index (χ4n) is 3.30. The number of alkyl halides is 3. The molecule has 2 amide bonds. The predicted molar refractivity (Wildman–Crippen MR) is 115 cm³/mol. The summed E-state index contributed by atoms with van der Waals surface area (Å²) in [6, 6.07) is 9.90. The third-order valence-electron chi connectivity index (χ3n) is 5.05. The van der Waals surface area contributed by atoms with Gasteiger partial charge in [0.2, 0.25) is 11.8 Å². The zero-order valence-corrected chi connectivity index (χ0v) is 17.7. The molecule has 7 nitrogen and oxygen atoms in total. The number of pyridine rings is 2. The molecule has 1 aliphatic rings. The fraction of sp³-hybridized carbons (Fsp3) is 0.304. The van der Waals surface area contributed by atoms with Crippen molar-refractivity contribution in [3.05, 3.63) is 59.3 Å². The molecule has 1 aromatic carbocycles. The van der Waals surface area contributed by atoms with Gasteiger partial charge in [-0.25, -0.2) is 9.97 Å². The summed E-state index contributed by atoms with van der Waals surface area (Å²) in [5, 5.41) is 5.74. The van der Waals surface area contributed by atoms with Gasteiger partial charge in [0.15, 0.2) is 0 Å². The van der Waals surface area contributed by atoms with Gasteiger partial charge in [0.1, 0.15) is 12.4 Å². The van der Waals surface area contributed by atoms with Gasteiger partial charge < -0.3 is 15.4 Å². The topological polar surface area (TPSA) is 93.2 Å². The normalized spacial score (nSPS) is 13.6. The van der Waals surface area contributed by atoms with Gasteiger partial charge in [0.25, 0.3) is 5.91 Å². The van der Waals surface area contributed by atoms with Crippen LogP contribution in [-0.2, 0) is 11.0 Å². The van der Waals surface area contributed by atoms with E-state index in [1.165, 1.54) is 24.3 Å². The van der Waals surface area contributed by atoms with Gasteiger partial charge in [-0.2, -0.15) is 13.2 Å². The van der Waals surface area contributed by atoms with Gasteiger partial charge in [-0.15, -0.1) is 0 Å². The van der Waals surface area contributed by atoms with Crippen LogP contribution in [0.15, 0.2) is 42.5 Å². The summed E-state index contributed by atoms with van der Waals surface area (Å²) in [5.74, 6) is -0.147. The van der Waals surface area contributed by atoms with E-state index < -0.39 is 17.6 Å². The number of halogens is 3. The van der Waals surface area contributed by atoms with Crippen molar-refractivity contribution < 1.29 is 27.5 Å². The van der Waals surface area contributed by atoms with E-state index in [2.05, 4.69) is 20.6 Å². The molecule has 2 heterocycles. The number of nitrogens with one attached hydrogen (secondary N) is 2. The fourth-order valence-corrected chi connectivity index (χ4v) is 3.30. The first-order valence-corrected chi connectivity index (χ1v) is 10.4. The van der Waals surface area contributed by atoms with Crippen LogP contribution in [-0.4, -0.2) is 34.9 Å².